The molecule has 0 fully saturated rings. The van der Waals surface area contributed by atoms with E-state index in [-0.39, 0.29) is 27.8 Å². The number of amides is 3. The van der Waals surface area contributed by atoms with Crippen LogP contribution >= 0.6 is 23.2 Å². The summed E-state index contributed by atoms with van der Waals surface area (Å²) in [4.78, 5) is 40.0. The molecule has 1 heterocycles. The number of carbonyl (C=O) groups excluding carboxylic acids is 3. The monoisotopic (exact) mass is 458 g/mol. The standard InChI is InChI=1S/C21H16Cl2N4O4/c1-24-21(30)18-11-15(8-9-25-18)31-14-5-2-12(3-6-14)19(28)26-27-20(29)16-7-4-13(22)10-17(16)23/h2-11H,1H3,(H,24,30)(H,26,28)(H,27,29). The molecule has 1 aromatic heterocycles. The Kier molecular flexibility index (Phi) is 7.07. The number of pyridine rings is 1. The van der Waals surface area contributed by atoms with E-state index in [9.17, 15) is 14.4 Å². The molecule has 3 aromatic rings. The quantitative estimate of drug-likeness (QED) is 0.505. The van der Waals surface area contributed by atoms with Crippen molar-refractivity contribution in [3.05, 3.63) is 87.7 Å². The maximum Gasteiger partial charge on any atom is 0.271 e. The zero-order valence-electron chi connectivity index (χ0n) is 16.1. The second-order valence-electron chi connectivity index (χ2n) is 6.11. The number of rotatable bonds is 5. The largest absolute Gasteiger partial charge is 0.457 e. The van der Waals surface area contributed by atoms with Crippen molar-refractivity contribution < 1.29 is 19.1 Å². The van der Waals surface area contributed by atoms with E-state index >= 15 is 0 Å². The van der Waals surface area contributed by atoms with Gasteiger partial charge in [0.15, 0.2) is 0 Å². The Morgan fingerprint density at radius 1 is 0.839 bits per heavy atom. The van der Waals surface area contributed by atoms with Crippen molar-refractivity contribution in [2.45, 2.75) is 0 Å². The molecular formula is C21H16Cl2N4O4. The average Bonchev–Trinajstić information content (AvgIpc) is 2.77. The van der Waals surface area contributed by atoms with Gasteiger partial charge < -0.3 is 10.1 Å². The van der Waals surface area contributed by atoms with Gasteiger partial charge in [0.1, 0.15) is 17.2 Å². The van der Waals surface area contributed by atoms with E-state index in [0.717, 1.165) is 0 Å². The summed E-state index contributed by atoms with van der Waals surface area (Å²) in [5, 5.41) is 3.04. The minimum absolute atomic E-state index is 0.163. The number of benzene rings is 2. The summed E-state index contributed by atoms with van der Waals surface area (Å²) in [5.74, 6) is -0.588. The van der Waals surface area contributed by atoms with Gasteiger partial charge in [0.25, 0.3) is 17.7 Å². The second-order valence-corrected chi connectivity index (χ2v) is 6.96. The number of ether oxygens (including phenoxy) is 1. The molecule has 0 saturated carbocycles. The molecule has 0 aliphatic heterocycles. The summed E-state index contributed by atoms with van der Waals surface area (Å²) in [5.41, 5.74) is 5.28. The van der Waals surface area contributed by atoms with Crippen molar-refractivity contribution in [3.8, 4) is 11.5 Å². The van der Waals surface area contributed by atoms with Crippen LogP contribution in [0.5, 0.6) is 11.5 Å². The predicted molar refractivity (Wildman–Crippen MR) is 116 cm³/mol. The molecule has 0 aliphatic rings. The molecule has 8 nitrogen and oxygen atoms in total. The zero-order valence-corrected chi connectivity index (χ0v) is 17.6. The van der Waals surface area contributed by atoms with Crippen molar-refractivity contribution >= 4 is 40.9 Å². The predicted octanol–water partition coefficient (Wildman–Crippen LogP) is 3.62. The van der Waals surface area contributed by atoms with Gasteiger partial charge in [-0.25, -0.2) is 0 Å². The van der Waals surface area contributed by atoms with Crippen LogP contribution in [-0.4, -0.2) is 29.8 Å². The summed E-state index contributed by atoms with van der Waals surface area (Å²) < 4.78 is 5.68. The molecule has 0 spiro atoms. The number of hydrogen-bond acceptors (Lipinski definition) is 5. The van der Waals surface area contributed by atoms with Crippen LogP contribution in [0, 0.1) is 0 Å². The number of hydrogen-bond donors (Lipinski definition) is 3. The number of carbonyl (C=O) groups is 3. The molecule has 0 radical (unpaired) electrons. The normalized spacial score (nSPS) is 10.2. The second kappa shape index (κ2) is 9.92. The van der Waals surface area contributed by atoms with Crippen molar-refractivity contribution in [2.24, 2.45) is 0 Å². The Hall–Kier alpha value is -3.62. The minimum Gasteiger partial charge on any atom is -0.457 e. The smallest absolute Gasteiger partial charge is 0.271 e. The van der Waals surface area contributed by atoms with Crippen molar-refractivity contribution in [1.29, 1.82) is 0 Å². The SMILES string of the molecule is CNC(=O)c1cc(Oc2ccc(C(=O)NNC(=O)c3ccc(Cl)cc3Cl)cc2)ccn1. The highest BCUT2D eigenvalue weighted by Gasteiger charge is 2.13. The first kappa shape index (κ1) is 22.1. The number of nitrogens with zero attached hydrogens (tertiary/aromatic N) is 1. The summed E-state index contributed by atoms with van der Waals surface area (Å²) in [6, 6.07) is 13.7. The summed E-state index contributed by atoms with van der Waals surface area (Å²) in [6.45, 7) is 0. The fraction of sp³-hybridized carbons (Fsp3) is 0.0476. The lowest BCUT2D eigenvalue weighted by molar-refractivity contribution is 0.0846. The number of halogens is 2. The topological polar surface area (TPSA) is 109 Å². The lowest BCUT2D eigenvalue weighted by Crippen LogP contribution is -2.41. The Balaban J connectivity index is 1.60. The lowest BCUT2D eigenvalue weighted by Gasteiger charge is -2.10. The van der Waals surface area contributed by atoms with E-state index in [1.54, 1.807) is 18.2 Å². The lowest BCUT2D eigenvalue weighted by atomic mass is 10.2. The molecule has 0 saturated heterocycles. The Bertz CT molecular complexity index is 1140. The zero-order chi connectivity index (χ0) is 22.4. The van der Waals surface area contributed by atoms with Crippen LogP contribution < -0.4 is 20.9 Å². The van der Waals surface area contributed by atoms with Crippen molar-refractivity contribution in [2.75, 3.05) is 7.05 Å². The van der Waals surface area contributed by atoms with Crippen LogP contribution in [-0.2, 0) is 0 Å². The number of nitrogens with one attached hydrogen (secondary N) is 3. The summed E-state index contributed by atoms with van der Waals surface area (Å²) in [7, 11) is 1.51. The molecule has 2 aromatic carbocycles. The minimum atomic E-state index is -0.584. The molecule has 3 rings (SSSR count). The highest BCUT2D eigenvalue weighted by molar-refractivity contribution is 6.36. The third-order valence-electron chi connectivity index (χ3n) is 4.01. The van der Waals surface area contributed by atoms with Gasteiger partial charge in [-0.15, -0.1) is 0 Å². The highest BCUT2D eigenvalue weighted by atomic mass is 35.5. The molecule has 31 heavy (non-hydrogen) atoms. The fourth-order valence-corrected chi connectivity index (χ4v) is 2.96. The molecule has 3 amide bonds. The van der Waals surface area contributed by atoms with E-state index in [4.69, 9.17) is 27.9 Å². The molecule has 10 heteroatoms. The van der Waals surface area contributed by atoms with Crippen LogP contribution in [0.15, 0.2) is 60.8 Å². The van der Waals surface area contributed by atoms with Gasteiger partial charge in [-0.1, -0.05) is 23.2 Å². The first-order valence-corrected chi connectivity index (χ1v) is 9.65. The molecule has 0 bridgehead atoms. The summed E-state index contributed by atoms with van der Waals surface area (Å²) >= 11 is 11.8. The van der Waals surface area contributed by atoms with Gasteiger partial charge in [-0.2, -0.15) is 0 Å². The van der Waals surface area contributed by atoms with Gasteiger partial charge in [0.2, 0.25) is 0 Å². The number of aromatic nitrogens is 1. The van der Waals surface area contributed by atoms with Crippen LogP contribution in [0.25, 0.3) is 0 Å². The van der Waals surface area contributed by atoms with E-state index in [1.165, 1.54) is 49.6 Å². The van der Waals surface area contributed by atoms with Gasteiger partial charge in [-0.3, -0.25) is 30.2 Å². The van der Waals surface area contributed by atoms with Crippen LogP contribution in [0.4, 0.5) is 0 Å². The molecular weight excluding hydrogens is 443 g/mol. The van der Waals surface area contributed by atoms with Crippen molar-refractivity contribution in [1.82, 2.24) is 21.2 Å². The van der Waals surface area contributed by atoms with Crippen molar-refractivity contribution in [3.63, 3.8) is 0 Å². The van der Waals surface area contributed by atoms with Crippen LogP contribution in [0.2, 0.25) is 10.0 Å². The third kappa shape index (κ3) is 5.71. The maximum atomic E-state index is 12.3. The number of hydrazine groups is 1. The molecule has 158 valence electrons. The third-order valence-corrected chi connectivity index (χ3v) is 4.56. The maximum absolute atomic E-state index is 12.3. The van der Waals surface area contributed by atoms with Gasteiger partial charge >= 0.3 is 0 Å². The Labute approximate surface area is 187 Å². The van der Waals surface area contributed by atoms with E-state index in [2.05, 4.69) is 21.2 Å². The Morgan fingerprint density at radius 2 is 1.55 bits per heavy atom. The van der Waals surface area contributed by atoms with Crippen LogP contribution in [0.1, 0.15) is 31.2 Å². The van der Waals surface area contributed by atoms with Gasteiger partial charge in [0.05, 0.1) is 10.6 Å². The van der Waals surface area contributed by atoms with Gasteiger partial charge in [0, 0.05) is 29.9 Å². The molecule has 3 N–H and O–H groups in total. The van der Waals surface area contributed by atoms with E-state index < -0.39 is 11.8 Å². The van der Waals surface area contributed by atoms with Gasteiger partial charge in [-0.05, 0) is 48.5 Å². The summed E-state index contributed by atoms with van der Waals surface area (Å²) in [6.07, 6.45) is 1.46. The Morgan fingerprint density at radius 3 is 2.23 bits per heavy atom. The molecule has 0 aliphatic carbocycles. The van der Waals surface area contributed by atoms with E-state index in [0.29, 0.717) is 16.5 Å². The molecule has 0 unspecified atom stereocenters. The molecule has 0 atom stereocenters. The van der Waals surface area contributed by atoms with E-state index in [1.807, 2.05) is 0 Å². The van der Waals surface area contributed by atoms with Crippen LogP contribution in [0.3, 0.4) is 0 Å². The first-order valence-electron chi connectivity index (χ1n) is 8.89. The fourth-order valence-electron chi connectivity index (χ4n) is 2.46. The highest BCUT2D eigenvalue weighted by Crippen LogP contribution is 2.22. The first-order chi connectivity index (χ1) is 14.9. The average molecular weight is 459 g/mol.